The number of phenolic OH excluding ortho intramolecular Hbond substituents is 2. The molecular formula is C22H22O12. The molecule has 12 nitrogen and oxygen atoms in total. The van der Waals surface area contributed by atoms with Crippen LogP contribution in [0.4, 0.5) is 0 Å². The standard InChI is InChI=1S/C22H22O12/c1-31-12-3-2-8(4-10(12)24)21-19(29)17(27)15-11(25)5-9(6-13(15)33-21)32-22-20(30)18(28)16(26)14(7-23)34-22/h2-6,14,16,18,20,22-26,28-30H,7H2,1H3/t14-,16-,18+,20-,22+/m1/s1. The van der Waals surface area contributed by atoms with Crippen molar-refractivity contribution in [1.29, 1.82) is 0 Å². The van der Waals surface area contributed by atoms with Gasteiger partial charge in [0.1, 0.15) is 46.9 Å². The number of aliphatic hydroxyl groups excluding tert-OH is 4. The van der Waals surface area contributed by atoms with Crippen LogP contribution in [0.25, 0.3) is 22.3 Å². The molecule has 2 aromatic carbocycles. The van der Waals surface area contributed by atoms with E-state index in [2.05, 4.69) is 0 Å². The van der Waals surface area contributed by atoms with Gasteiger partial charge in [0.2, 0.25) is 17.5 Å². The van der Waals surface area contributed by atoms with Crippen LogP contribution in [0.3, 0.4) is 0 Å². The zero-order chi connectivity index (χ0) is 24.7. The zero-order valence-corrected chi connectivity index (χ0v) is 17.7. The highest BCUT2D eigenvalue weighted by Crippen LogP contribution is 2.38. The van der Waals surface area contributed by atoms with Gasteiger partial charge in [0.25, 0.3) is 0 Å². The molecule has 0 amide bonds. The zero-order valence-electron chi connectivity index (χ0n) is 17.7. The van der Waals surface area contributed by atoms with E-state index < -0.39 is 54.2 Å². The van der Waals surface area contributed by atoms with Crippen LogP contribution in [-0.4, -0.2) is 80.2 Å². The SMILES string of the molecule is COc1ccc(-c2oc3cc(O[C@H]4O[C@H](CO)[C@@H](O)[C@H](O)[C@H]4O)cc(O)c3c(=O)c2O)cc1O. The highest BCUT2D eigenvalue weighted by atomic mass is 16.7. The first kappa shape index (κ1) is 23.6. The lowest BCUT2D eigenvalue weighted by Gasteiger charge is -2.39. The van der Waals surface area contributed by atoms with E-state index in [1.54, 1.807) is 0 Å². The van der Waals surface area contributed by atoms with Crippen LogP contribution < -0.4 is 14.9 Å². The van der Waals surface area contributed by atoms with Crippen LogP contribution in [0.1, 0.15) is 0 Å². The number of phenols is 2. The first-order valence-corrected chi connectivity index (χ1v) is 10.0. The third kappa shape index (κ3) is 3.97. The molecule has 12 heteroatoms. The van der Waals surface area contributed by atoms with Crippen LogP contribution in [0.15, 0.2) is 39.5 Å². The first-order valence-electron chi connectivity index (χ1n) is 10.0. The number of benzene rings is 2. The number of ether oxygens (including phenoxy) is 3. The van der Waals surface area contributed by atoms with E-state index in [0.717, 1.165) is 6.07 Å². The average Bonchev–Trinajstić information content (AvgIpc) is 2.81. The van der Waals surface area contributed by atoms with Crippen molar-refractivity contribution in [2.24, 2.45) is 0 Å². The van der Waals surface area contributed by atoms with Crippen molar-refractivity contribution in [3.05, 3.63) is 40.6 Å². The molecule has 34 heavy (non-hydrogen) atoms. The maximum absolute atomic E-state index is 12.7. The summed E-state index contributed by atoms with van der Waals surface area (Å²) >= 11 is 0. The summed E-state index contributed by atoms with van der Waals surface area (Å²) in [6, 6.07) is 6.20. The second-order valence-electron chi connectivity index (χ2n) is 7.63. The monoisotopic (exact) mass is 478 g/mol. The minimum Gasteiger partial charge on any atom is -0.507 e. The maximum atomic E-state index is 12.7. The van der Waals surface area contributed by atoms with Crippen LogP contribution in [0, 0.1) is 0 Å². The Balaban J connectivity index is 1.76. The molecule has 0 bridgehead atoms. The van der Waals surface area contributed by atoms with Gasteiger partial charge in [0, 0.05) is 17.7 Å². The van der Waals surface area contributed by atoms with Crippen LogP contribution in [0.2, 0.25) is 0 Å². The van der Waals surface area contributed by atoms with Crippen molar-refractivity contribution in [2.75, 3.05) is 13.7 Å². The molecule has 0 aliphatic carbocycles. The van der Waals surface area contributed by atoms with Gasteiger partial charge in [-0.25, -0.2) is 0 Å². The third-order valence-corrected chi connectivity index (χ3v) is 5.47. The number of hydrogen-bond acceptors (Lipinski definition) is 12. The van der Waals surface area contributed by atoms with Gasteiger partial charge in [-0.1, -0.05) is 0 Å². The minimum atomic E-state index is -1.71. The molecule has 1 aliphatic heterocycles. The average molecular weight is 478 g/mol. The van der Waals surface area contributed by atoms with Crippen molar-refractivity contribution in [1.82, 2.24) is 0 Å². The van der Waals surface area contributed by atoms with Gasteiger partial charge in [0.05, 0.1) is 13.7 Å². The number of methoxy groups -OCH3 is 1. The molecule has 3 aromatic rings. The predicted molar refractivity (Wildman–Crippen MR) is 114 cm³/mol. The summed E-state index contributed by atoms with van der Waals surface area (Å²) in [6.07, 6.45) is -7.75. The van der Waals surface area contributed by atoms with Crippen LogP contribution >= 0.6 is 0 Å². The Hall–Kier alpha value is -3.55. The highest BCUT2D eigenvalue weighted by molar-refractivity contribution is 5.88. The number of rotatable bonds is 5. The maximum Gasteiger partial charge on any atom is 0.238 e. The summed E-state index contributed by atoms with van der Waals surface area (Å²) in [5, 5.41) is 69.7. The van der Waals surface area contributed by atoms with Gasteiger partial charge in [-0.15, -0.1) is 0 Å². The summed E-state index contributed by atoms with van der Waals surface area (Å²) in [6.45, 7) is -0.667. The fourth-order valence-electron chi connectivity index (χ4n) is 3.66. The molecule has 0 unspecified atom stereocenters. The third-order valence-electron chi connectivity index (χ3n) is 5.47. The van der Waals surface area contributed by atoms with Gasteiger partial charge in [-0.2, -0.15) is 0 Å². The molecule has 5 atom stereocenters. The number of aliphatic hydroxyl groups is 4. The van der Waals surface area contributed by atoms with Crippen molar-refractivity contribution >= 4 is 11.0 Å². The molecule has 2 heterocycles. The van der Waals surface area contributed by atoms with Gasteiger partial charge in [0.15, 0.2) is 17.3 Å². The van der Waals surface area contributed by atoms with E-state index in [1.165, 1.54) is 31.4 Å². The van der Waals surface area contributed by atoms with Crippen molar-refractivity contribution in [2.45, 2.75) is 30.7 Å². The molecule has 4 rings (SSSR count). The molecule has 1 aliphatic rings. The van der Waals surface area contributed by atoms with E-state index in [1.807, 2.05) is 0 Å². The molecule has 182 valence electrons. The van der Waals surface area contributed by atoms with Crippen LogP contribution in [0.5, 0.6) is 28.7 Å². The summed E-state index contributed by atoms with van der Waals surface area (Å²) in [5.41, 5.74) is -1.04. The lowest BCUT2D eigenvalue weighted by atomic mass is 9.99. The molecule has 1 fully saturated rings. The number of fused-ring (bicyclic) bond motifs is 1. The lowest BCUT2D eigenvalue weighted by molar-refractivity contribution is -0.277. The lowest BCUT2D eigenvalue weighted by Crippen LogP contribution is -2.60. The summed E-state index contributed by atoms with van der Waals surface area (Å²) in [5.74, 6) is -2.02. The van der Waals surface area contributed by atoms with Crippen LogP contribution in [-0.2, 0) is 4.74 Å². The van der Waals surface area contributed by atoms with E-state index in [4.69, 9.17) is 18.6 Å². The molecule has 1 aromatic heterocycles. The Labute approximate surface area is 191 Å². The first-order chi connectivity index (χ1) is 16.2. The van der Waals surface area contributed by atoms with Gasteiger partial charge in [-0.05, 0) is 18.2 Å². The van der Waals surface area contributed by atoms with Crippen molar-refractivity contribution in [3.63, 3.8) is 0 Å². The van der Waals surface area contributed by atoms with E-state index >= 15 is 0 Å². The summed E-state index contributed by atoms with van der Waals surface area (Å²) in [4.78, 5) is 12.7. The second kappa shape index (κ2) is 9.00. The molecule has 1 saturated heterocycles. The molecule has 0 radical (unpaired) electrons. The molecule has 0 spiro atoms. The second-order valence-corrected chi connectivity index (χ2v) is 7.63. The Morgan fingerprint density at radius 3 is 2.35 bits per heavy atom. The Kier molecular flexibility index (Phi) is 6.25. The molecule has 0 saturated carbocycles. The van der Waals surface area contributed by atoms with Gasteiger partial charge in [-0.3, -0.25) is 4.79 Å². The van der Waals surface area contributed by atoms with Crippen molar-refractivity contribution < 1.29 is 54.4 Å². The normalized spacial score (nSPS) is 24.8. The quantitative estimate of drug-likeness (QED) is 0.254. The summed E-state index contributed by atoms with van der Waals surface area (Å²) in [7, 11) is 1.35. The largest absolute Gasteiger partial charge is 0.507 e. The Morgan fingerprint density at radius 2 is 1.71 bits per heavy atom. The van der Waals surface area contributed by atoms with E-state index in [0.29, 0.717) is 0 Å². The fourth-order valence-corrected chi connectivity index (χ4v) is 3.66. The fraction of sp³-hybridized carbons (Fsp3) is 0.318. The highest BCUT2D eigenvalue weighted by Gasteiger charge is 2.44. The summed E-state index contributed by atoms with van der Waals surface area (Å²) < 4.78 is 21.3. The topological polar surface area (TPSA) is 200 Å². The van der Waals surface area contributed by atoms with Crippen molar-refractivity contribution in [3.8, 4) is 40.1 Å². The van der Waals surface area contributed by atoms with Gasteiger partial charge < -0.3 is 54.4 Å². The minimum absolute atomic E-state index is 0.134. The van der Waals surface area contributed by atoms with Gasteiger partial charge >= 0.3 is 0 Å². The number of aromatic hydroxyl groups is 3. The Morgan fingerprint density at radius 1 is 0.971 bits per heavy atom. The Bertz CT molecular complexity index is 1270. The molecular weight excluding hydrogens is 456 g/mol. The number of hydrogen-bond donors (Lipinski definition) is 7. The predicted octanol–water partition coefficient (Wildman–Crippen LogP) is -0.236. The van der Waals surface area contributed by atoms with E-state index in [9.17, 15) is 40.5 Å². The van der Waals surface area contributed by atoms with E-state index in [-0.39, 0.29) is 39.5 Å². The smallest absolute Gasteiger partial charge is 0.238 e. The molecule has 7 N–H and O–H groups in total.